The van der Waals surface area contributed by atoms with E-state index >= 15 is 0 Å². The van der Waals surface area contributed by atoms with Crippen molar-refractivity contribution >= 4 is 11.6 Å². The number of rotatable bonds is 15. The SMILES string of the molecule is CCOc1ccc(Cc2cc(C3OC(CO)C(OCc4ccccc4)C(OCc4ccccc4)C3OCc3ccccc3)ccc2Cl)cc1. The maximum atomic E-state index is 10.7. The molecule has 7 heteroatoms. The zero-order valence-electron chi connectivity index (χ0n) is 27.7. The Morgan fingerprint density at radius 1 is 0.612 bits per heavy atom. The van der Waals surface area contributed by atoms with E-state index in [1.807, 2.05) is 122 Å². The maximum absolute atomic E-state index is 10.7. The average molecular weight is 679 g/mol. The lowest BCUT2D eigenvalue weighted by atomic mass is 9.89. The van der Waals surface area contributed by atoms with Crippen molar-refractivity contribution in [2.75, 3.05) is 13.2 Å². The molecule has 1 aliphatic heterocycles. The van der Waals surface area contributed by atoms with Crippen LogP contribution in [0, 0.1) is 0 Å². The summed E-state index contributed by atoms with van der Waals surface area (Å²) in [6, 6.07) is 44.1. The minimum absolute atomic E-state index is 0.251. The van der Waals surface area contributed by atoms with Gasteiger partial charge in [0.25, 0.3) is 0 Å². The van der Waals surface area contributed by atoms with Gasteiger partial charge in [0.15, 0.2) is 0 Å². The van der Waals surface area contributed by atoms with Crippen LogP contribution in [0.3, 0.4) is 0 Å². The molecule has 1 fully saturated rings. The van der Waals surface area contributed by atoms with Gasteiger partial charge in [-0.3, -0.25) is 0 Å². The molecule has 0 amide bonds. The molecule has 0 spiro atoms. The molecule has 0 bridgehead atoms. The molecule has 5 unspecified atom stereocenters. The lowest BCUT2D eigenvalue weighted by molar-refractivity contribution is -0.272. The molecule has 5 atom stereocenters. The van der Waals surface area contributed by atoms with Crippen LogP contribution in [-0.2, 0) is 45.2 Å². The Labute approximate surface area is 294 Å². The summed E-state index contributed by atoms with van der Waals surface area (Å²) in [5.74, 6) is 0.834. The van der Waals surface area contributed by atoms with E-state index in [1.165, 1.54) is 0 Å². The standard InChI is InChI=1S/C42H43ClO6/c1-2-45-36-21-18-30(19-22-36)24-35-25-34(20-23-37(35)43)39-41(47-28-32-14-8-4-9-15-32)42(48-29-33-16-10-5-11-17-33)40(38(26-44)49-39)46-27-31-12-6-3-7-13-31/h3-23,25,38-42,44H,2,24,26-29H2,1H3. The van der Waals surface area contributed by atoms with Gasteiger partial charge in [0, 0.05) is 5.02 Å². The predicted molar refractivity (Wildman–Crippen MR) is 192 cm³/mol. The highest BCUT2D eigenvalue weighted by molar-refractivity contribution is 6.31. The van der Waals surface area contributed by atoms with Gasteiger partial charge in [0.05, 0.1) is 33.0 Å². The molecule has 1 N–H and O–H groups in total. The molecule has 0 saturated carbocycles. The highest BCUT2D eigenvalue weighted by Crippen LogP contribution is 2.39. The monoisotopic (exact) mass is 678 g/mol. The molecule has 0 aliphatic carbocycles. The van der Waals surface area contributed by atoms with E-state index in [9.17, 15) is 5.11 Å². The second-order valence-corrected chi connectivity index (χ2v) is 12.6. The van der Waals surface area contributed by atoms with Gasteiger partial charge in [0.2, 0.25) is 0 Å². The average Bonchev–Trinajstić information content (AvgIpc) is 3.15. The molecule has 1 heterocycles. The summed E-state index contributed by atoms with van der Waals surface area (Å²) in [7, 11) is 0. The summed E-state index contributed by atoms with van der Waals surface area (Å²) in [6.45, 7) is 3.36. The Kier molecular flexibility index (Phi) is 12.5. The zero-order valence-corrected chi connectivity index (χ0v) is 28.5. The number of hydrogen-bond donors (Lipinski definition) is 1. The summed E-state index contributed by atoms with van der Waals surface area (Å²) in [4.78, 5) is 0. The summed E-state index contributed by atoms with van der Waals surface area (Å²) < 4.78 is 32.5. The maximum Gasteiger partial charge on any atom is 0.119 e. The van der Waals surface area contributed by atoms with Gasteiger partial charge in [-0.15, -0.1) is 0 Å². The number of aliphatic hydroxyl groups is 1. The van der Waals surface area contributed by atoms with Crippen molar-refractivity contribution in [3.8, 4) is 5.75 Å². The van der Waals surface area contributed by atoms with Gasteiger partial charge < -0.3 is 28.8 Å². The molecule has 254 valence electrons. The second kappa shape index (κ2) is 17.6. The highest BCUT2D eigenvalue weighted by Gasteiger charge is 2.48. The Balaban J connectivity index is 1.34. The smallest absolute Gasteiger partial charge is 0.119 e. The quantitative estimate of drug-likeness (QED) is 0.120. The number of halogens is 1. The molecular formula is C42H43ClO6. The van der Waals surface area contributed by atoms with Crippen LogP contribution in [0.25, 0.3) is 0 Å². The van der Waals surface area contributed by atoms with E-state index in [1.54, 1.807) is 0 Å². The van der Waals surface area contributed by atoms with Crippen molar-refractivity contribution in [1.82, 2.24) is 0 Å². The molecule has 1 saturated heterocycles. The van der Waals surface area contributed by atoms with Crippen molar-refractivity contribution in [3.05, 3.63) is 172 Å². The van der Waals surface area contributed by atoms with Gasteiger partial charge in [-0.2, -0.15) is 0 Å². The first-order valence-electron chi connectivity index (χ1n) is 16.8. The summed E-state index contributed by atoms with van der Waals surface area (Å²) in [6.07, 6.45) is -2.38. The van der Waals surface area contributed by atoms with Crippen LogP contribution >= 0.6 is 11.6 Å². The Hall–Kier alpha value is -4.01. The minimum Gasteiger partial charge on any atom is -0.494 e. The third-order valence-corrected chi connectivity index (χ3v) is 9.07. The van der Waals surface area contributed by atoms with E-state index in [4.69, 9.17) is 35.3 Å². The fourth-order valence-corrected chi connectivity index (χ4v) is 6.38. The second-order valence-electron chi connectivity index (χ2n) is 12.2. The van der Waals surface area contributed by atoms with Crippen LogP contribution in [0.2, 0.25) is 5.02 Å². The van der Waals surface area contributed by atoms with Crippen LogP contribution in [0.1, 0.15) is 46.4 Å². The van der Waals surface area contributed by atoms with Gasteiger partial charge in [-0.1, -0.05) is 127 Å². The molecular weight excluding hydrogens is 636 g/mol. The molecule has 5 aromatic rings. The van der Waals surface area contributed by atoms with Crippen LogP contribution < -0.4 is 4.74 Å². The van der Waals surface area contributed by atoms with Crippen LogP contribution in [0.15, 0.2) is 133 Å². The lowest BCUT2D eigenvalue weighted by Gasteiger charge is -2.46. The predicted octanol–water partition coefficient (Wildman–Crippen LogP) is 8.52. The topological polar surface area (TPSA) is 66.4 Å². The van der Waals surface area contributed by atoms with Crippen molar-refractivity contribution in [2.45, 2.75) is 63.7 Å². The first kappa shape index (κ1) is 34.8. The fourth-order valence-electron chi connectivity index (χ4n) is 6.20. The molecule has 0 aromatic heterocycles. The number of ether oxygens (including phenoxy) is 5. The normalized spacial score (nSPS) is 20.6. The third kappa shape index (κ3) is 9.37. The molecule has 5 aromatic carbocycles. The molecule has 6 rings (SSSR count). The number of benzene rings is 5. The van der Waals surface area contributed by atoms with Crippen LogP contribution in [0.4, 0.5) is 0 Å². The van der Waals surface area contributed by atoms with E-state index in [0.717, 1.165) is 39.1 Å². The van der Waals surface area contributed by atoms with Gasteiger partial charge in [-0.25, -0.2) is 0 Å². The van der Waals surface area contributed by atoms with E-state index in [-0.39, 0.29) is 6.61 Å². The van der Waals surface area contributed by atoms with Crippen molar-refractivity contribution in [2.24, 2.45) is 0 Å². The molecule has 0 radical (unpaired) electrons. The van der Waals surface area contributed by atoms with E-state index < -0.39 is 30.5 Å². The first-order chi connectivity index (χ1) is 24.1. The first-order valence-corrected chi connectivity index (χ1v) is 17.2. The van der Waals surface area contributed by atoms with Crippen LogP contribution in [0.5, 0.6) is 5.75 Å². The van der Waals surface area contributed by atoms with E-state index in [0.29, 0.717) is 37.9 Å². The summed E-state index contributed by atoms with van der Waals surface area (Å²) in [5.41, 5.74) is 6.02. The van der Waals surface area contributed by atoms with Crippen molar-refractivity contribution < 1.29 is 28.8 Å². The number of aliphatic hydroxyl groups excluding tert-OH is 1. The fraction of sp³-hybridized carbons (Fsp3) is 0.286. The van der Waals surface area contributed by atoms with Crippen molar-refractivity contribution in [3.63, 3.8) is 0 Å². The Morgan fingerprint density at radius 3 is 1.67 bits per heavy atom. The largest absolute Gasteiger partial charge is 0.494 e. The van der Waals surface area contributed by atoms with Crippen molar-refractivity contribution in [1.29, 1.82) is 0 Å². The third-order valence-electron chi connectivity index (χ3n) is 8.70. The Bertz CT molecular complexity index is 1700. The van der Waals surface area contributed by atoms with Gasteiger partial charge in [-0.05, 0) is 64.9 Å². The van der Waals surface area contributed by atoms with Crippen LogP contribution in [-0.4, -0.2) is 42.7 Å². The molecule has 1 aliphatic rings. The molecule has 6 nitrogen and oxygen atoms in total. The minimum atomic E-state index is -0.670. The lowest BCUT2D eigenvalue weighted by Crippen LogP contribution is -2.58. The highest BCUT2D eigenvalue weighted by atomic mass is 35.5. The summed E-state index contributed by atoms with van der Waals surface area (Å²) >= 11 is 6.79. The number of hydrogen-bond acceptors (Lipinski definition) is 6. The molecule has 49 heavy (non-hydrogen) atoms. The van der Waals surface area contributed by atoms with Gasteiger partial charge >= 0.3 is 0 Å². The summed E-state index contributed by atoms with van der Waals surface area (Å²) in [5, 5.41) is 11.4. The van der Waals surface area contributed by atoms with Gasteiger partial charge in [0.1, 0.15) is 36.3 Å². The zero-order chi connectivity index (χ0) is 33.8. The van der Waals surface area contributed by atoms with E-state index in [2.05, 4.69) is 18.2 Å². The Morgan fingerprint density at radius 2 is 1.14 bits per heavy atom.